The average Bonchev–Trinajstić information content (AvgIpc) is 2.97. The molecule has 2 aromatic heterocycles. The molecule has 0 atom stereocenters. The van der Waals surface area contributed by atoms with E-state index in [1.54, 1.807) is 6.20 Å². The van der Waals surface area contributed by atoms with Gasteiger partial charge in [0.2, 0.25) is 11.8 Å². The van der Waals surface area contributed by atoms with Crippen LogP contribution in [0.2, 0.25) is 0 Å². The van der Waals surface area contributed by atoms with Gasteiger partial charge in [0.1, 0.15) is 11.6 Å². The summed E-state index contributed by atoms with van der Waals surface area (Å²) >= 11 is 0. The Morgan fingerprint density at radius 1 is 1.16 bits per heavy atom. The summed E-state index contributed by atoms with van der Waals surface area (Å²) in [6.45, 7) is 1.81. The van der Waals surface area contributed by atoms with Crippen molar-refractivity contribution in [2.75, 3.05) is 24.3 Å². The fourth-order valence-electron chi connectivity index (χ4n) is 2.38. The number of aromatic nitrogens is 2. The predicted molar refractivity (Wildman–Crippen MR) is 97.6 cm³/mol. The number of oxazole rings is 1. The van der Waals surface area contributed by atoms with E-state index in [0.29, 0.717) is 23.0 Å². The molecule has 1 aromatic carbocycles. The van der Waals surface area contributed by atoms with Crippen molar-refractivity contribution < 1.29 is 9.21 Å². The van der Waals surface area contributed by atoms with E-state index in [-0.39, 0.29) is 12.3 Å². The molecule has 2 heterocycles. The number of nitrogens with one attached hydrogen (secondary N) is 1. The van der Waals surface area contributed by atoms with Gasteiger partial charge in [-0.05, 0) is 31.2 Å². The smallest absolute Gasteiger partial charge is 0.230 e. The molecule has 1 amide bonds. The summed E-state index contributed by atoms with van der Waals surface area (Å²) < 4.78 is 5.68. The highest BCUT2D eigenvalue weighted by atomic mass is 16.4. The summed E-state index contributed by atoms with van der Waals surface area (Å²) in [4.78, 5) is 22.9. The zero-order chi connectivity index (χ0) is 17.8. The van der Waals surface area contributed by atoms with Crippen molar-refractivity contribution in [2.24, 2.45) is 0 Å². The monoisotopic (exact) mass is 336 g/mol. The summed E-state index contributed by atoms with van der Waals surface area (Å²) in [6.07, 6.45) is 1.79. The van der Waals surface area contributed by atoms with E-state index >= 15 is 0 Å². The lowest BCUT2D eigenvalue weighted by atomic mass is 10.2. The lowest BCUT2D eigenvalue weighted by Crippen LogP contribution is -2.16. The first-order chi connectivity index (χ1) is 12.0. The molecule has 0 aliphatic rings. The Hall–Kier alpha value is -3.15. The van der Waals surface area contributed by atoms with Gasteiger partial charge in [-0.3, -0.25) is 4.79 Å². The lowest BCUT2D eigenvalue weighted by Gasteiger charge is -2.11. The quantitative estimate of drug-likeness (QED) is 0.774. The van der Waals surface area contributed by atoms with Gasteiger partial charge in [0, 0.05) is 19.7 Å². The van der Waals surface area contributed by atoms with Crippen molar-refractivity contribution in [2.45, 2.75) is 13.3 Å². The number of benzene rings is 1. The van der Waals surface area contributed by atoms with Crippen LogP contribution in [-0.4, -0.2) is 30.0 Å². The number of pyridine rings is 1. The van der Waals surface area contributed by atoms with Crippen LogP contribution in [0.5, 0.6) is 0 Å². The molecule has 0 saturated heterocycles. The molecule has 0 spiro atoms. The van der Waals surface area contributed by atoms with Crippen LogP contribution in [0.1, 0.15) is 11.5 Å². The first-order valence-electron chi connectivity index (χ1n) is 7.98. The van der Waals surface area contributed by atoms with Crippen LogP contribution >= 0.6 is 0 Å². The van der Waals surface area contributed by atoms with Gasteiger partial charge in [-0.2, -0.15) is 0 Å². The number of hydrogen-bond donors (Lipinski definition) is 1. The molecule has 0 unspecified atom stereocenters. The van der Waals surface area contributed by atoms with E-state index in [1.165, 1.54) is 0 Å². The van der Waals surface area contributed by atoms with Crippen LogP contribution in [0.15, 0.2) is 53.1 Å². The summed E-state index contributed by atoms with van der Waals surface area (Å²) in [6, 6.07) is 13.3. The maximum absolute atomic E-state index is 12.3. The van der Waals surface area contributed by atoms with Crippen LogP contribution < -0.4 is 10.2 Å². The van der Waals surface area contributed by atoms with Gasteiger partial charge in [-0.15, -0.1) is 0 Å². The lowest BCUT2D eigenvalue weighted by molar-refractivity contribution is -0.115. The number of carbonyl (C=O) groups is 1. The van der Waals surface area contributed by atoms with Crippen LogP contribution in [0.4, 0.5) is 11.5 Å². The van der Waals surface area contributed by atoms with Crippen LogP contribution in [0.25, 0.3) is 11.5 Å². The Balaban J connectivity index is 1.68. The summed E-state index contributed by atoms with van der Waals surface area (Å²) in [5.74, 6) is 1.85. The van der Waals surface area contributed by atoms with Gasteiger partial charge < -0.3 is 14.6 Å². The first kappa shape index (κ1) is 16.7. The van der Waals surface area contributed by atoms with Crippen molar-refractivity contribution in [3.05, 3.63) is 60.1 Å². The van der Waals surface area contributed by atoms with Gasteiger partial charge in [0.25, 0.3) is 0 Å². The third kappa shape index (κ3) is 4.03. The Bertz CT molecular complexity index is 855. The molecule has 0 bridgehead atoms. The number of amides is 1. The molecule has 0 fully saturated rings. The molecule has 6 heteroatoms. The standard InChI is InChI=1S/C19H20N4O2/c1-13-16(22-19(25-13)14-7-5-4-6-8-14)11-18(24)21-15-9-10-17(20-12-15)23(2)3/h4-10,12H,11H2,1-3H3,(H,21,24). The molecule has 3 rings (SSSR count). The minimum absolute atomic E-state index is 0.150. The predicted octanol–water partition coefficient (Wildman–Crippen LogP) is 3.29. The maximum Gasteiger partial charge on any atom is 0.230 e. The van der Waals surface area contributed by atoms with Gasteiger partial charge in [-0.1, -0.05) is 18.2 Å². The highest BCUT2D eigenvalue weighted by molar-refractivity contribution is 5.92. The van der Waals surface area contributed by atoms with E-state index in [4.69, 9.17) is 4.42 Å². The van der Waals surface area contributed by atoms with Crippen molar-refractivity contribution >= 4 is 17.4 Å². The molecule has 1 N–H and O–H groups in total. The molecule has 3 aromatic rings. The van der Waals surface area contributed by atoms with E-state index in [1.807, 2.05) is 68.4 Å². The maximum atomic E-state index is 12.3. The topological polar surface area (TPSA) is 71.3 Å². The van der Waals surface area contributed by atoms with Crippen LogP contribution in [-0.2, 0) is 11.2 Å². The Morgan fingerprint density at radius 3 is 2.56 bits per heavy atom. The minimum atomic E-state index is -0.157. The highest BCUT2D eigenvalue weighted by Gasteiger charge is 2.15. The first-order valence-corrected chi connectivity index (χ1v) is 7.98. The van der Waals surface area contributed by atoms with Gasteiger partial charge >= 0.3 is 0 Å². The molecular formula is C19H20N4O2. The van der Waals surface area contributed by atoms with Crippen LogP contribution in [0.3, 0.4) is 0 Å². The summed E-state index contributed by atoms with van der Waals surface area (Å²) in [5.41, 5.74) is 2.18. The summed E-state index contributed by atoms with van der Waals surface area (Å²) in [5, 5.41) is 2.83. The molecule has 6 nitrogen and oxygen atoms in total. The number of carbonyl (C=O) groups excluding carboxylic acids is 1. The second-order valence-corrected chi connectivity index (χ2v) is 5.91. The molecule has 128 valence electrons. The van der Waals surface area contributed by atoms with Crippen molar-refractivity contribution in [1.82, 2.24) is 9.97 Å². The minimum Gasteiger partial charge on any atom is -0.441 e. The largest absolute Gasteiger partial charge is 0.441 e. The number of rotatable bonds is 5. The van der Waals surface area contributed by atoms with Crippen molar-refractivity contribution in [1.29, 1.82) is 0 Å². The summed E-state index contributed by atoms with van der Waals surface area (Å²) in [7, 11) is 3.83. The van der Waals surface area contributed by atoms with E-state index < -0.39 is 0 Å². The molecule has 25 heavy (non-hydrogen) atoms. The van der Waals surface area contributed by atoms with Crippen molar-refractivity contribution in [3.8, 4) is 11.5 Å². The SMILES string of the molecule is Cc1oc(-c2ccccc2)nc1CC(=O)Nc1ccc(N(C)C)nc1. The zero-order valence-electron chi connectivity index (χ0n) is 14.5. The van der Waals surface area contributed by atoms with E-state index in [0.717, 1.165) is 11.4 Å². The zero-order valence-corrected chi connectivity index (χ0v) is 14.5. The number of anilines is 2. The van der Waals surface area contributed by atoms with Crippen molar-refractivity contribution in [3.63, 3.8) is 0 Å². The molecule has 0 saturated carbocycles. The number of nitrogens with zero attached hydrogens (tertiary/aromatic N) is 3. The third-order valence-corrected chi connectivity index (χ3v) is 3.73. The Labute approximate surface area is 146 Å². The van der Waals surface area contributed by atoms with Gasteiger partial charge in [0.15, 0.2) is 0 Å². The number of hydrogen-bond acceptors (Lipinski definition) is 5. The highest BCUT2D eigenvalue weighted by Crippen LogP contribution is 2.22. The fourth-order valence-corrected chi connectivity index (χ4v) is 2.38. The molecule has 0 aliphatic heterocycles. The van der Waals surface area contributed by atoms with E-state index in [2.05, 4.69) is 15.3 Å². The fraction of sp³-hybridized carbons (Fsp3) is 0.211. The molecular weight excluding hydrogens is 316 g/mol. The second kappa shape index (κ2) is 7.17. The van der Waals surface area contributed by atoms with Crippen LogP contribution in [0, 0.1) is 6.92 Å². The van der Waals surface area contributed by atoms with Gasteiger partial charge in [-0.25, -0.2) is 9.97 Å². The average molecular weight is 336 g/mol. The van der Waals surface area contributed by atoms with Gasteiger partial charge in [0.05, 0.1) is 24.0 Å². The number of aryl methyl sites for hydroxylation is 1. The Kier molecular flexibility index (Phi) is 4.79. The molecule has 0 aliphatic carbocycles. The van der Waals surface area contributed by atoms with E-state index in [9.17, 15) is 4.79 Å². The Morgan fingerprint density at radius 2 is 1.92 bits per heavy atom. The molecule has 0 radical (unpaired) electrons. The third-order valence-electron chi connectivity index (χ3n) is 3.73. The normalized spacial score (nSPS) is 10.5. The second-order valence-electron chi connectivity index (χ2n) is 5.91.